The van der Waals surface area contributed by atoms with Crippen molar-refractivity contribution in [1.82, 2.24) is 0 Å². The molecule has 3 heteroatoms. The molecule has 0 radical (unpaired) electrons. The molecule has 1 aromatic rings. The van der Waals surface area contributed by atoms with E-state index in [-0.39, 0.29) is 5.97 Å². The molecule has 0 aliphatic carbocycles. The third-order valence-corrected chi connectivity index (χ3v) is 2.24. The van der Waals surface area contributed by atoms with E-state index in [1.807, 2.05) is 18.2 Å². The SMILES string of the molecule is CCC(=O)Oc1ccccc1I. The number of carbonyl (C=O) groups is 1. The number of hydrogen-bond donors (Lipinski definition) is 0. The molecule has 1 aromatic carbocycles. The van der Waals surface area contributed by atoms with Crippen molar-refractivity contribution < 1.29 is 9.53 Å². The van der Waals surface area contributed by atoms with Crippen LogP contribution in [0.4, 0.5) is 0 Å². The normalized spacial score (nSPS) is 9.50. The van der Waals surface area contributed by atoms with Crippen LogP contribution in [-0.2, 0) is 4.79 Å². The van der Waals surface area contributed by atoms with Crippen molar-refractivity contribution in [3.05, 3.63) is 27.8 Å². The van der Waals surface area contributed by atoms with Crippen molar-refractivity contribution >= 4 is 28.6 Å². The van der Waals surface area contributed by atoms with Gasteiger partial charge in [0, 0.05) is 6.42 Å². The Labute approximate surface area is 85.1 Å². The fourth-order valence-corrected chi connectivity index (χ4v) is 1.22. The highest BCUT2D eigenvalue weighted by Gasteiger charge is 2.03. The average Bonchev–Trinajstić information content (AvgIpc) is 2.09. The number of ether oxygens (including phenoxy) is 1. The summed E-state index contributed by atoms with van der Waals surface area (Å²) in [5.74, 6) is 0.448. The van der Waals surface area contributed by atoms with Crippen LogP contribution in [-0.4, -0.2) is 5.97 Å². The summed E-state index contributed by atoms with van der Waals surface area (Å²) in [5.41, 5.74) is 0. The topological polar surface area (TPSA) is 26.3 Å². The summed E-state index contributed by atoms with van der Waals surface area (Å²) in [6.07, 6.45) is 0.408. The van der Waals surface area contributed by atoms with Gasteiger partial charge in [-0.25, -0.2) is 0 Å². The van der Waals surface area contributed by atoms with Gasteiger partial charge in [-0.3, -0.25) is 4.79 Å². The molecule has 0 amide bonds. The number of rotatable bonds is 2. The highest BCUT2D eigenvalue weighted by molar-refractivity contribution is 14.1. The van der Waals surface area contributed by atoms with Gasteiger partial charge in [0.2, 0.25) is 0 Å². The van der Waals surface area contributed by atoms with Gasteiger partial charge < -0.3 is 4.74 Å². The molecule has 1 rings (SSSR count). The number of benzene rings is 1. The fraction of sp³-hybridized carbons (Fsp3) is 0.222. The van der Waals surface area contributed by atoms with E-state index in [2.05, 4.69) is 22.6 Å². The minimum absolute atomic E-state index is 0.195. The molecule has 2 nitrogen and oxygen atoms in total. The summed E-state index contributed by atoms with van der Waals surface area (Å²) in [6.45, 7) is 1.78. The Balaban J connectivity index is 2.75. The lowest BCUT2D eigenvalue weighted by atomic mass is 10.3. The maximum atomic E-state index is 10.9. The molecule has 0 spiro atoms. The van der Waals surface area contributed by atoms with Crippen molar-refractivity contribution in [3.63, 3.8) is 0 Å². The van der Waals surface area contributed by atoms with E-state index in [0.717, 1.165) is 3.57 Å². The predicted molar refractivity (Wildman–Crippen MR) is 55.1 cm³/mol. The van der Waals surface area contributed by atoms with Gasteiger partial charge in [0.15, 0.2) is 0 Å². The van der Waals surface area contributed by atoms with Crippen molar-refractivity contribution in [2.24, 2.45) is 0 Å². The van der Waals surface area contributed by atoms with Gasteiger partial charge in [0.25, 0.3) is 0 Å². The van der Waals surface area contributed by atoms with E-state index >= 15 is 0 Å². The van der Waals surface area contributed by atoms with Crippen molar-refractivity contribution in [3.8, 4) is 5.75 Å². The Morgan fingerprint density at radius 2 is 2.17 bits per heavy atom. The second-order valence-corrected chi connectivity index (χ2v) is 3.42. The lowest BCUT2D eigenvalue weighted by Crippen LogP contribution is -2.06. The van der Waals surface area contributed by atoms with E-state index < -0.39 is 0 Å². The zero-order valence-electron chi connectivity index (χ0n) is 6.71. The molecule has 0 saturated carbocycles. The first-order valence-electron chi connectivity index (χ1n) is 3.69. The molecule has 0 heterocycles. The molecule has 0 atom stereocenters. The Morgan fingerprint density at radius 3 is 2.75 bits per heavy atom. The maximum absolute atomic E-state index is 10.9. The molecule has 64 valence electrons. The number of para-hydroxylation sites is 1. The Hall–Kier alpha value is -0.580. The van der Waals surface area contributed by atoms with E-state index in [4.69, 9.17) is 4.74 Å². The van der Waals surface area contributed by atoms with Crippen molar-refractivity contribution in [1.29, 1.82) is 0 Å². The largest absolute Gasteiger partial charge is 0.425 e. The zero-order chi connectivity index (χ0) is 8.97. The zero-order valence-corrected chi connectivity index (χ0v) is 8.87. The highest BCUT2D eigenvalue weighted by atomic mass is 127. The molecule has 0 saturated heterocycles. The minimum Gasteiger partial charge on any atom is -0.425 e. The van der Waals surface area contributed by atoms with Crippen LogP contribution < -0.4 is 4.74 Å². The van der Waals surface area contributed by atoms with Crippen molar-refractivity contribution in [2.75, 3.05) is 0 Å². The lowest BCUT2D eigenvalue weighted by molar-refractivity contribution is -0.134. The van der Waals surface area contributed by atoms with Gasteiger partial charge in [-0.15, -0.1) is 0 Å². The molecular weight excluding hydrogens is 267 g/mol. The second-order valence-electron chi connectivity index (χ2n) is 2.26. The molecule has 0 bridgehead atoms. The molecular formula is C9H9IO2. The minimum atomic E-state index is -0.195. The van der Waals surface area contributed by atoms with Crippen LogP contribution >= 0.6 is 22.6 Å². The van der Waals surface area contributed by atoms with Gasteiger partial charge in [-0.2, -0.15) is 0 Å². The first-order chi connectivity index (χ1) is 5.74. The maximum Gasteiger partial charge on any atom is 0.310 e. The van der Waals surface area contributed by atoms with E-state index in [1.165, 1.54) is 0 Å². The average molecular weight is 276 g/mol. The molecule has 0 aromatic heterocycles. The Kier molecular flexibility index (Phi) is 3.52. The number of esters is 1. The van der Waals surface area contributed by atoms with Gasteiger partial charge in [-0.1, -0.05) is 19.1 Å². The van der Waals surface area contributed by atoms with E-state index in [0.29, 0.717) is 12.2 Å². The molecule has 0 unspecified atom stereocenters. The summed E-state index contributed by atoms with van der Waals surface area (Å²) in [4.78, 5) is 10.9. The third-order valence-electron chi connectivity index (χ3n) is 1.35. The summed E-state index contributed by atoms with van der Waals surface area (Å²) in [7, 11) is 0. The summed E-state index contributed by atoms with van der Waals surface area (Å²) >= 11 is 2.13. The van der Waals surface area contributed by atoms with Crippen LogP contribution in [0.2, 0.25) is 0 Å². The van der Waals surface area contributed by atoms with Gasteiger partial charge >= 0.3 is 5.97 Å². The number of halogens is 1. The predicted octanol–water partition coefficient (Wildman–Crippen LogP) is 2.61. The van der Waals surface area contributed by atoms with Crippen molar-refractivity contribution in [2.45, 2.75) is 13.3 Å². The summed E-state index contributed by atoms with van der Waals surface area (Å²) in [6, 6.07) is 7.44. The summed E-state index contributed by atoms with van der Waals surface area (Å²) < 4.78 is 6.00. The van der Waals surface area contributed by atoms with Crippen LogP contribution in [0.5, 0.6) is 5.75 Å². The first kappa shape index (κ1) is 9.51. The molecule has 0 fully saturated rings. The van der Waals surface area contributed by atoms with Gasteiger partial charge in [0.05, 0.1) is 3.57 Å². The Morgan fingerprint density at radius 1 is 1.50 bits per heavy atom. The number of carbonyl (C=O) groups excluding carboxylic acids is 1. The first-order valence-corrected chi connectivity index (χ1v) is 4.77. The molecule has 12 heavy (non-hydrogen) atoms. The smallest absolute Gasteiger partial charge is 0.310 e. The molecule has 0 aliphatic heterocycles. The molecule has 0 N–H and O–H groups in total. The van der Waals surface area contributed by atoms with Crippen LogP contribution in [0.25, 0.3) is 0 Å². The summed E-state index contributed by atoms with van der Waals surface area (Å²) in [5, 5.41) is 0. The van der Waals surface area contributed by atoms with Crippen LogP contribution in [0.3, 0.4) is 0 Å². The fourth-order valence-electron chi connectivity index (χ4n) is 0.722. The van der Waals surface area contributed by atoms with Crippen LogP contribution in [0, 0.1) is 3.57 Å². The lowest BCUT2D eigenvalue weighted by Gasteiger charge is -2.03. The second kappa shape index (κ2) is 4.45. The third kappa shape index (κ3) is 2.48. The van der Waals surface area contributed by atoms with E-state index in [1.54, 1.807) is 13.0 Å². The monoisotopic (exact) mass is 276 g/mol. The highest BCUT2D eigenvalue weighted by Crippen LogP contribution is 2.19. The van der Waals surface area contributed by atoms with Crippen LogP contribution in [0.15, 0.2) is 24.3 Å². The number of hydrogen-bond acceptors (Lipinski definition) is 2. The quantitative estimate of drug-likeness (QED) is 0.471. The molecule has 0 aliphatic rings. The van der Waals surface area contributed by atoms with Gasteiger partial charge in [0.1, 0.15) is 5.75 Å². The van der Waals surface area contributed by atoms with Crippen LogP contribution in [0.1, 0.15) is 13.3 Å². The van der Waals surface area contributed by atoms with E-state index in [9.17, 15) is 4.79 Å². The standard InChI is InChI=1S/C9H9IO2/c1-2-9(11)12-8-6-4-3-5-7(8)10/h3-6H,2H2,1H3. The Bertz CT molecular complexity index is 284. The van der Waals surface area contributed by atoms with Gasteiger partial charge in [-0.05, 0) is 34.7 Å².